The van der Waals surface area contributed by atoms with Crippen LogP contribution in [0, 0.1) is 10.1 Å². The third-order valence-corrected chi connectivity index (χ3v) is 4.29. The quantitative estimate of drug-likeness (QED) is 0.235. The topological polar surface area (TPSA) is 67.5 Å². The monoisotopic (exact) mass is 341 g/mol. The summed E-state index contributed by atoms with van der Waals surface area (Å²) in [5, 5.41) is 19.8. The Kier molecular flexibility index (Phi) is 4.03. The maximum atomic E-state index is 11.1. The molecule has 0 fully saturated rings. The molecule has 5 heteroatoms. The summed E-state index contributed by atoms with van der Waals surface area (Å²) in [6.45, 7) is 0. The third kappa shape index (κ3) is 2.86. The average Bonchev–Trinajstić information content (AvgIpc) is 2.67. The minimum atomic E-state index is -0.425. The fourth-order valence-electron chi connectivity index (χ4n) is 3.08. The van der Waals surface area contributed by atoms with Crippen LogP contribution >= 0.6 is 0 Å². The Balaban J connectivity index is 1.79. The molecule has 0 atom stereocenters. The van der Waals surface area contributed by atoms with Crippen molar-refractivity contribution in [3.8, 4) is 0 Å². The van der Waals surface area contributed by atoms with E-state index < -0.39 is 4.92 Å². The van der Waals surface area contributed by atoms with Crippen molar-refractivity contribution in [1.82, 2.24) is 0 Å². The molecule has 0 aliphatic carbocycles. The fourth-order valence-corrected chi connectivity index (χ4v) is 3.08. The van der Waals surface area contributed by atoms with E-state index in [1.54, 1.807) is 24.4 Å². The number of fused-ring (bicyclic) bond motifs is 2. The van der Waals surface area contributed by atoms with Gasteiger partial charge in [0.2, 0.25) is 0 Å². The smallest absolute Gasteiger partial charge is 0.272 e. The molecule has 4 aromatic carbocycles. The molecule has 0 saturated heterocycles. The summed E-state index contributed by atoms with van der Waals surface area (Å²) in [7, 11) is 0. The molecule has 0 aromatic heterocycles. The van der Waals surface area contributed by atoms with Gasteiger partial charge in [-0.2, -0.15) is 5.10 Å². The van der Waals surface area contributed by atoms with Gasteiger partial charge >= 0.3 is 0 Å². The first-order valence-corrected chi connectivity index (χ1v) is 8.17. The highest BCUT2D eigenvalue weighted by Crippen LogP contribution is 2.28. The van der Waals surface area contributed by atoms with Gasteiger partial charge in [-0.15, -0.1) is 0 Å². The van der Waals surface area contributed by atoms with Gasteiger partial charge in [0.15, 0.2) is 0 Å². The van der Waals surface area contributed by atoms with Crippen molar-refractivity contribution in [2.45, 2.75) is 0 Å². The summed E-state index contributed by atoms with van der Waals surface area (Å²) in [4.78, 5) is 10.7. The van der Waals surface area contributed by atoms with Gasteiger partial charge in [0.05, 0.1) is 11.1 Å². The molecular weight excluding hydrogens is 326 g/mol. The Bertz CT molecular complexity index is 1100. The Hall–Kier alpha value is -3.73. The van der Waals surface area contributed by atoms with E-state index in [1.807, 2.05) is 36.4 Å². The molecule has 0 spiro atoms. The highest BCUT2D eigenvalue weighted by Gasteiger charge is 2.11. The SMILES string of the molecule is O=[N+]([O-])c1ccccc1N/N=C\c1c2ccccc2cc2ccccc12. The molecule has 26 heavy (non-hydrogen) atoms. The zero-order valence-electron chi connectivity index (χ0n) is 13.8. The van der Waals surface area contributed by atoms with E-state index in [1.165, 1.54) is 6.07 Å². The summed E-state index contributed by atoms with van der Waals surface area (Å²) >= 11 is 0. The van der Waals surface area contributed by atoms with E-state index in [0.717, 1.165) is 27.1 Å². The van der Waals surface area contributed by atoms with Crippen molar-refractivity contribution in [3.05, 3.63) is 94.5 Å². The maximum absolute atomic E-state index is 11.1. The van der Waals surface area contributed by atoms with Crippen LogP contribution in [0.25, 0.3) is 21.5 Å². The second-order valence-corrected chi connectivity index (χ2v) is 5.88. The molecule has 0 saturated carbocycles. The number of nitrogens with one attached hydrogen (secondary N) is 1. The second-order valence-electron chi connectivity index (χ2n) is 5.88. The summed E-state index contributed by atoms with van der Waals surface area (Å²) in [5.74, 6) is 0. The van der Waals surface area contributed by atoms with Crippen molar-refractivity contribution in [2.75, 3.05) is 5.43 Å². The molecule has 0 unspecified atom stereocenters. The Morgan fingerprint density at radius 3 is 2.08 bits per heavy atom. The van der Waals surface area contributed by atoms with Crippen LogP contribution in [0.5, 0.6) is 0 Å². The van der Waals surface area contributed by atoms with Crippen LogP contribution in [-0.4, -0.2) is 11.1 Å². The number of benzene rings is 4. The van der Waals surface area contributed by atoms with Crippen LogP contribution in [0.15, 0.2) is 84.0 Å². The van der Waals surface area contributed by atoms with Crippen LogP contribution in [0.1, 0.15) is 5.56 Å². The average molecular weight is 341 g/mol. The summed E-state index contributed by atoms with van der Waals surface area (Å²) in [6.07, 6.45) is 1.72. The minimum Gasteiger partial charge on any atom is -0.272 e. The van der Waals surface area contributed by atoms with Gasteiger partial charge in [-0.1, -0.05) is 60.7 Å². The van der Waals surface area contributed by atoms with Crippen molar-refractivity contribution >= 4 is 39.1 Å². The van der Waals surface area contributed by atoms with E-state index in [0.29, 0.717) is 5.69 Å². The first-order chi connectivity index (χ1) is 12.7. The Morgan fingerprint density at radius 2 is 1.42 bits per heavy atom. The molecule has 4 rings (SSSR count). The van der Waals surface area contributed by atoms with Gasteiger partial charge in [0.25, 0.3) is 5.69 Å². The molecule has 0 amide bonds. The predicted octanol–water partition coefficient (Wildman–Crippen LogP) is 5.35. The van der Waals surface area contributed by atoms with E-state index >= 15 is 0 Å². The van der Waals surface area contributed by atoms with Crippen molar-refractivity contribution < 1.29 is 4.92 Å². The van der Waals surface area contributed by atoms with Crippen LogP contribution in [0.4, 0.5) is 11.4 Å². The van der Waals surface area contributed by atoms with Crippen LogP contribution in [0.2, 0.25) is 0 Å². The molecule has 0 aliphatic rings. The highest BCUT2D eigenvalue weighted by molar-refractivity contribution is 6.13. The molecule has 5 nitrogen and oxygen atoms in total. The van der Waals surface area contributed by atoms with Gasteiger partial charge in [0, 0.05) is 11.6 Å². The van der Waals surface area contributed by atoms with E-state index in [4.69, 9.17) is 0 Å². The Morgan fingerprint density at radius 1 is 0.846 bits per heavy atom. The molecule has 0 heterocycles. The third-order valence-electron chi connectivity index (χ3n) is 4.29. The van der Waals surface area contributed by atoms with E-state index in [9.17, 15) is 10.1 Å². The molecule has 0 aliphatic heterocycles. The lowest BCUT2D eigenvalue weighted by Crippen LogP contribution is -1.97. The number of nitrogens with zero attached hydrogens (tertiary/aromatic N) is 2. The van der Waals surface area contributed by atoms with Crippen LogP contribution < -0.4 is 5.43 Å². The van der Waals surface area contributed by atoms with Crippen molar-refractivity contribution in [2.24, 2.45) is 5.10 Å². The Labute approximate surface area is 149 Å². The lowest BCUT2D eigenvalue weighted by molar-refractivity contribution is -0.384. The lowest BCUT2D eigenvalue weighted by Gasteiger charge is -2.08. The maximum Gasteiger partial charge on any atom is 0.294 e. The van der Waals surface area contributed by atoms with Gasteiger partial charge in [-0.3, -0.25) is 15.5 Å². The number of nitro groups is 1. The first kappa shape index (κ1) is 15.8. The van der Waals surface area contributed by atoms with Crippen LogP contribution in [-0.2, 0) is 0 Å². The molecule has 0 radical (unpaired) electrons. The number of anilines is 1. The van der Waals surface area contributed by atoms with Gasteiger partial charge < -0.3 is 0 Å². The van der Waals surface area contributed by atoms with Crippen molar-refractivity contribution in [1.29, 1.82) is 0 Å². The minimum absolute atomic E-state index is 0.00701. The van der Waals surface area contributed by atoms with Gasteiger partial charge in [0.1, 0.15) is 5.69 Å². The van der Waals surface area contributed by atoms with Gasteiger partial charge in [-0.25, -0.2) is 0 Å². The number of para-hydroxylation sites is 2. The number of rotatable bonds is 4. The van der Waals surface area contributed by atoms with Crippen molar-refractivity contribution in [3.63, 3.8) is 0 Å². The summed E-state index contributed by atoms with van der Waals surface area (Å²) < 4.78 is 0. The predicted molar refractivity (Wildman–Crippen MR) is 106 cm³/mol. The lowest BCUT2D eigenvalue weighted by atomic mass is 9.97. The molecule has 126 valence electrons. The van der Waals surface area contributed by atoms with E-state index in [2.05, 4.69) is 28.7 Å². The molecule has 0 bridgehead atoms. The van der Waals surface area contributed by atoms with Crippen LogP contribution in [0.3, 0.4) is 0 Å². The molecule has 4 aromatic rings. The molecular formula is C21H15N3O2. The number of hydrogen-bond acceptors (Lipinski definition) is 4. The van der Waals surface area contributed by atoms with E-state index in [-0.39, 0.29) is 5.69 Å². The fraction of sp³-hybridized carbons (Fsp3) is 0. The number of hydrogen-bond donors (Lipinski definition) is 1. The largest absolute Gasteiger partial charge is 0.294 e. The van der Waals surface area contributed by atoms with Gasteiger partial charge in [-0.05, 0) is 33.7 Å². The highest BCUT2D eigenvalue weighted by atomic mass is 16.6. The molecule has 1 N–H and O–H groups in total. The normalized spacial score (nSPS) is 11.2. The first-order valence-electron chi connectivity index (χ1n) is 8.17. The zero-order chi connectivity index (χ0) is 17.9. The number of hydrazone groups is 1. The zero-order valence-corrected chi connectivity index (χ0v) is 13.8. The summed E-state index contributed by atoms with van der Waals surface area (Å²) in [5.41, 5.74) is 4.13. The number of nitro benzene ring substituents is 1. The second kappa shape index (κ2) is 6.64. The standard InChI is InChI=1S/C21H15N3O2/c25-24(26)21-12-6-5-11-20(21)23-22-14-19-17-9-3-1-7-15(17)13-16-8-2-4-10-18(16)19/h1-14,23H/b22-14-. The summed E-state index contributed by atoms with van der Waals surface area (Å²) in [6, 6.07) is 24.8.